The molecule has 1 atom stereocenters. The van der Waals surface area contributed by atoms with Gasteiger partial charge in [0.1, 0.15) is 5.84 Å². The molecule has 0 saturated carbocycles. The van der Waals surface area contributed by atoms with E-state index in [0.717, 1.165) is 24.1 Å². The number of aromatic nitrogens is 2. The van der Waals surface area contributed by atoms with E-state index in [0.29, 0.717) is 17.9 Å². The highest BCUT2D eigenvalue weighted by molar-refractivity contribution is 6.01. The third kappa shape index (κ3) is 3.64. The normalized spacial score (nSPS) is 12.2. The molecule has 0 fully saturated rings. The van der Waals surface area contributed by atoms with Crippen LogP contribution in [0.2, 0.25) is 0 Å². The van der Waals surface area contributed by atoms with Crippen LogP contribution in [0, 0.1) is 5.41 Å². The van der Waals surface area contributed by atoms with Crippen molar-refractivity contribution < 1.29 is 4.74 Å². The van der Waals surface area contributed by atoms with Gasteiger partial charge in [-0.1, -0.05) is 13.8 Å². The first-order valence-corrected chi connectivity index (χ1v) is 6.54. The van der Waals surface area contributed by atoms with Gasteiger partial charge in [0.05, 0.1) is 17.4 Å². The van der Waals surface area contributed by atoms with Crippen LogP contribution in [0.3, 0.4) is 0 Å². The highest BCUT2D eigenvalue weighted by Crippen LogP contribution is 2.20. The Morgan fingerprint density at radius 3 is 2.53 bits per heavy atom. The van der Waals surface area contributed by atoms with Crippen LogP contribution < -0.4 is 11.1 Å². The molecule has 0 aliphatic carbocycles. The zero-order valence-corrected chi connectivity index (χ0v) is 12.1. The molecule has 1 aromatic rings. The van der Waals surface area contributed by atoms with Crippen molar-refractivity contribution in [1.82, 2.24) is 10.2 Å². The predicted molar refractivity (Wildman–Crippen MR) is 76.8 cm³/mol. The summed E-state index contributed by atoms with van der Waals surface area (Å²) in [5.74, 6) is 0.583. The maximum atomic E-state index is 7.76. The summed E-state index contributed by atoms with van der Waals surface area (Å²) in [4.78, 5) is 0. The highest BCUT2D eigenvalue weighted by Gasteiger charge is 2.17. The minimum Gasteiger partial charge on any atom is -0.384 e. The summed E-state index contributed by atoms with van der Waals surface area (Å²) in [6, 6.07) is 0. The lowest BCUT2D eigenvalue weighted by atomic mass is 10.0. The largest absolute Gasteiger partial charge is 0.384 e. The summed E-state index contributed by atoms with van der Waals surface area (Å²) in [7, 11) is 1.65. The first-order valence-electron chi connectivity index (χ1n) is 6.54. The molecule has 0 spiro atoms. The Balaban J connectivity index is 3.13. The van der Waals surface area contributed by atoms with Crippen LogP contribution in [0.15, 0.2) is 0 Å². The number of rotatable bonds is 7. The lowest BCUT2D eigenvalue weighted by Crippen LogP contribution is -2.24. The van der Waals surface area contributed by atoms with E-state index in [9.17, 15) is 0 Å². The van der Waals surface area contributed by atoms with Crippen LogP contribution in [0.1, 0.15) is 37.6 Å². The van der Waals surface area contributed by atoms with Crippen molar-refractivity contribution in [2.75, 3.05) is 19.0 Å². The van der Waals surface area contributed by atoms with Gasteiger partial charge >= 0.3 is 0 Å². The van der Waals surface area contributed by atoms with Crippen molar-refractivity contribution in [2.24, 2.45) is 5.73 Å². The maximum Gasteiger partial charge on any atom is 0.160 e. The number of aryl methyl sites for hydroxylation is 1. The summed E-state index contributed by atoms with van der Waals surface area (Å²) in [6.07, 6.45) is 1.62. The molecule has 0 aliphatic heterocycles. The van der Waals surface area contributed by atoms with E-state index < -0.39 is 0 Å². The molecule has 0 bridgehead atoms. The second-order valence-corrected chi connectivity index (χ2v) is 4.40. The minimum absolute atomic E-state index is 0.0222. The molecular weight excluding hydrogens is 242 g/mol. The number of nitrogen functional groups attached to an aromatic ring is 1. The smallest absolute Gasteiger partial charge is 0.160 e. The standard InChI is InChI=1S/C13H23N5O/c1-5-9-10(6-2)17-18-13(11(9)12(14)15)16-7-8(3)19-4/h8H,5-7H2,1-4H3,(H3,14,15)(H,16,18). The Kier molecular flexibility index (Phi) is 5.69. The molecule has 4 N–H and O–H groups in total. The highest BCUT2D eigenvalue weighted by atomic mass is 16.5. The van der Waals surface area contributed by atoms with Crippen LogP contribution in [0.25, 0.3) is 0 Å². The SMILES string of the molecule is CCc1nnc(NCC(C)OC)c(C(=N)N)c1CC. The Labute approximate surface area is 114 Å². The average Bonchev–Trinajstić information content (AvgIpc) is 2.42. The number of anilines is 1. The molecule has 0 amide bonds. The molecule has 1 rings (SSSR count). The van der Waals surface area contributed by atoms with E-state index in [4.69, 9.17) is 15.9 Å². The first kappa shape index (κ1) is 15.4. The fourth-order valence-electron chi connectivity index (χ4n) is 1.91. The van der Waals surface area contributed by atoms with Crippen LogP contribution in [0.5, 0.6) is 0 Å². The first-order chi connectivity index (χ1) is 9.04. The second-order valence-electron chi connectivity index (χ2n) is 4.40. The van der Waals surface area contributed by atoms with Gasteiger partial charge < -0.3 is 15.8 Å². The summed E-state index contributed by atoms with van der Waals surface area (Å²) in [6.45, 7) is 6.60. The Hall–Kier alpha value is -1.69. The van der Waals surface area contributed by atoms with E-state index in [1.807, 2.05) is 20.8 Å². The van der Waals surface area contributed by atoms with Gasteiger partial charge in [0.15, 0.2) is 5.82 Å². The zero-order valence-electron chi connectivity index (χ0n) is 12.1. The van der Waals surface area contributed by atoms with E-state index in [2.05, 4.69) is 15.5 Å². The van der Waals surface area contributed by atoms with Gasteiger partial charge in [0, 0.05) is 13.7 Å². The molecule has 106 valence electrons. The molecular formula is C13H23N5O. The van der Waals surface area contributed by atoms with Crippen LogP contribution in [-0.4, -0.2) is 35.8 Å². The van der Waals surface area contributed by atoms with Gasteiger partial charge in [-0.15, -0.1) is 5.10 Å². The van der Waals surface area contributed by atoms with Crippen molar-refractivity contribution in [3.63, 3.8) is 0 Å². The van der Waals surface area contributed by atoms with Crippen LogP contribution >= 0.6 is 0 Å². The fraction of sp³-hybridized carbons (Fsp3) is 0.615. The third-order valence-corrected chi connectivity index (χ3v) is 3.07. The zero-order chi connectivity index (χ0) is 14.4. The summed E-state index contributed by atoms with van der Waals surface area (Å²) in [5.41, 5.74) is 8.26. The number of nitrogens with two attached hydrogens (primary N) is 1. The maximum absolute atomic E-state index is 7.76. The van der Waals surface area contributed by atoms with E-state index in [1.165, 1.54) is 0 Å². The molecule has 1 heterocycles. The Bertz CT molecular complexity index is 447. The summed E-state index contributed by atoms with van der Waals surface area (Å²) < 4.78 is 5.18. The molecule has 19 heavy (non-hydrogen) atoms. The van der Waals surface area contributed by atoms with E-state index in [-0.39, 0.29) is 11.9 Å². The third-order valence-electron chi connectivity index (χ3n) is 3.07. The fourth-order valence-corrected chi connectivity index (χ4v) is 1.91. The molecule has 0 aromatic carbocycles. The molecule has 0 radical (unpaired) electrons. The summed E-state index contributed by atoms with van der Waals surface area (Å²) in [5, 5.41) is 19.3. The van der Waals surface area contributed by atoms with Crippen molar-refractivity contribution >= 4 is 11.7 Å². The number of hydrogen-bond acceptors (Lipinski definition) is 5. The van der Waals surface area contributed by atoms with Crippen LogP contribution in [0.4, 0.5) is 5.82 Å². The molecule has 6 heteroatoms. The number of ether oxygens (including phenoxy) is 1. The average molecular weight is 265 g/mol. The van der Waals surface area contributed by atoms with Crippen molar-refractivity contribution in [3.05, 3.63) is 16.8 Å². The Morgan fingerprint density at radius 1 is 1.37 bits per heavy atom. The number of nitrogens with zero attached hydrogens (tertiary/aromatic N) is 2. The lowest BCUT2D eigenvalue weighted by Gasteiger charge is -2.17. The summed E-state index contributed by atoms with van der Waals surface area (Å²) >= 11 is 0. The van der Waals surface area contributed by atoms with Crippen LogP contribution in [-0.2, 0) is 17.6 Å². The monoisotopic (exact) mass is 265 g/mol. The number of hydrogen-bond donors (Lipinski definition) is 3. The predicted octanol–water partition coefficient (Wildman–Crippen LogP) is 1.33. The second kappa shape index (κ2) is 7.04. The topological polar surface area (TPSA) is 96.9 Å². The minimum atomic E-state index is 0.0222. The number of amidine groups is 1. The van der Waals surface area contributed by atoms with Gasteiger partial charge in [-0.25, -0.2) is 0 Å². The van der Waals surface area contributed by atoms with E-state index >= 15 is 0 Å². The molecule has 0 aliphatic rings. The van der Waals surface area contributed by atoms with Gasteiger partial charge in [0.2, 0.25) is 0 Å². The van der Waals surface area contributed by atoms with Gasteiger partial charge in [-0.05, 0) is 25.3 Å². The van der Waals surface area contributed by atoms with Gasteiger partial charge in [-0.2, -0.15) is 5.10 Å². The molecule has 6 nitrogen and oxygen atoms in total. The van der Waals surface area contributed by atoms with Crippen molar-refractivity contribution in [1.29, 1.82) is 5.41 Å². The lowest BCUT2D eigenvalue weighted by molar-refractivity contribution is 0.128. The molecule has 1 unspecified atom stereocenters. The quantitative estimate of drug-likeness (QED) is 0.510. The molecule has 0 saturated heterocycles. The van der Waals surface area contributed by atoms with Crippen molar-refractivity contribution in [2.45, 2.75) is 39.7 Å². The Morgan fingerprint density at radius 2 is 2.05 bits per heavy atom. The van der Waals surface area contributed by atoms with Gasteiger partial charge in [0.25, 0.3) is 0 Å². The van der Waals surface area contributed by atoms with E-state index in [1.54, 1.807) is 7.11 Å². The number of nitrogens with one attached hydrogen (secondary N) is 2. The van der Waals surface area contributed by atoms with Gasteiger partial charge in [-0.3, -0.25) is 5.41 Å². The molecule has 1 aromatic heterocycles. The number of methoxy groups -OCH3 is 1. The van der Waals surface area contributed by atoms with Crippen molar-refractivity contribution in [3.8, 4) is 0 Å².